The highest BCUT2D eigenvalue weighted by Crippen LogP contribution is 2.37. The summed E-state index contributed by atoms with van der Waals surface area (Å²) in [4.78, 5) is 4.14. The number of rotatable bonds is 2. The molecule has 1 atom stereocenters. The van der Waals surface area contributed by atoms with Gasteiger partial charge in [-0.1, -0.05) is 6.42 Å². The Morgan fingerprint density at radius 1 is 1.22 bits per heavy atom. The van der Waals surface area contributed by atoms with E-state index in [1.165, 1.54) is 41.9 Å². The van der Waals surface area contributed by atoms with E-state index in [0.717, 1.165) is 4.47 Å². The van der Waals surface area contributed by atoms with Gasteiger partial charge in [0, 0.05) is 19.1 Å². The molecule has 1 aliphatic carbocycles. The van der Waals surface area contributed by atoms with Crippen molar-refractivity contribution in [2.24, 2.45) is 5.73 Å². The first-order chi connectivity index (χ1) is 8.75. The van der Waals surface area contributed by atoms with Crippen LogP contribution in [0, 0.1) is 0 Å². The molecule has 0 amide bonds. The normalized spacial score (nSPS) is 17.2. The molecule has 0 fully saturated rings. The van der Waals surface area contributed by atoms with Crippen LogP contribution in [-0.2, 0) is 12.8 Å². The number of aryl methyl sites for hydroxylation is 2. The van der Waals surface area contributed by atoms with Crippen molar-refractivity contribution in [3.63, 3.8) is 0 Å². The highest BCUT2D eigenvalue weighted by molar-refractivity contribution is 9.10. The van der Waals surface area contributed by atoms with Crippen LogP contribution in [0.15, 0.2) is 22.0 Å². The largest absolute Gasteiger partial charge is 0.319 e. The minimum atomic E-state index is 0.0382. The molecule has 0 aromatic carbocycles. The molecule has 18 heavy (non-hydrogen) atoms. The third kappa shape index (κ3) is 2.44. The van der Waals surface area contributed by atoms with Crippen molar-refractivity contribution in [3.05, 3.63) is 42.2 Å². The smallest absolute Gasteiger partial charge is 0.0751 e. The summed E-state index contributed by atoms with van der Waals surface area (Å²) in [6.07, 6.45) is 6.54. The number of hydrogen-bond acceptors (Lipinski definition) is 3. The van der Waals surface area contributed by atoms with Crippen molar-refractivity contribution < 1.29 is 0 Å². The fourth-order valence-corrected chi connectivity index (χ4v) is 5.48. The Morgan fingerprint density at radius 3 is 2.83 bits per heavy atom. The lowest BCUT2D eigenvalue weighted by molar-refractivity contribution is 0.712. The predicted molar refractivity (Wildman–Crippen MR) is 83.6 cm³/mol. The summed E-state index contributed by atoms with van der Waals surface area (Å²) < 4.78 is 1.14. The Morgan fingerprint density at radius 2 is 2.06 bits per heavy atom. The van der Waals surface area contributed by atoms with E-state index in [-0.39, 0.29) is 6.04 Å². The van der Waals surface area contributed by atoms with Crippen LogP contribution in [0.5, 0.6) is 0 Å². The van der Waals surface area contributed by atoms with Gasteiger partial charge in [-0.25, -0.2) is 0 Å². The maximum atomic E-state index is 6.40. The van der Waals surface area contributed by atoms with Gasteiger partial charge in [0.2, 0.25) is 0 Å². The van der Waals surface area contributed by atoms with Gasteiger partial charge in [0.15, 0.2) is 0 Å². The van der Waals surface area contributed by atoms with E-state index in [4.69, 9.17) is 5.73 Å². The molecule has 2 heterocycles. The van der Waals surface area contributed by atoms with Gasteiger partial charge in [-0.3, -0.25) is 0 Å². The molecule has 2 aromatic heterocycles. The zero-order chi connectivity index (χ0) is 12.5. The number of halogens is 1. The lowest BCUT2D eigenvalue weighted by Gasteiger charge is -2.07. The van der Waals surface area contributed by atoms with Crippen molar-refractivity contribution in [1.29, 1.82) is 0 Å². The monoisotopic (exact) mass is 341 g/mol. The summed E-state index contributed by atoms with van der Waals surface area (Å²) in [5, 5.41) is 2.10. The molecule has 0 aliphatic heterocycles. The average molecular weight is 342 g/mol. The number of hydrogen-bond donors (Lipinski definition) is 1. The molecular weight excluding hydrogens is 326 g/mol. The summed E-state index contributed by atoms with van der Waals surface area (Å²) in [7, 11) is 0. The topological polar surface area (TPSA) is 26.0 Å². The van der Waals surface area contributed by atoms with Crippen molar-refractivity contribution in [2.45, 2.75) is 38.1 Å². The van der Waals surface area contributed by atoms with E-state index in [9.17, 15) is 0 Å². The van der Waals surface area contributed by atoms with Crippen LogP contribution in [0.2, 0.25) is 0 Å². The van der Waals surface area contributed by atoms with Gasteiger partial charge in [0.25, 0.3) is 0 Å². The fraction of sp³-hybridized carbons (Fsp3) is 0.429. The van der Waals surface area contributed by atoms with Gasteiger partial charge < -0.3 is 5.73 Å². The van der Waals surface area contributed by atoms with Crippen molar-refractivity contribution >= 4 is 38.6 Å². The van der Waals surface area contributed by atoms with Crippen molar-refractivity contribution in [3.8, 4) is 0 Å². The van der Waals surface area contributed by atoms with Crippen molar-refractivity contribution in [1.82, 2.24) is 0 Å². The zero-order valence-electron chi connectivity index (χ0n) is 10.1. The van der Waals surface area contributed by atoms with Gasteiger partial charge in [0.05, 0.1) is 6.04 Å². The van der Waals surface area contributed by atoms with E-state index in [1.54, 1.807) is 21.8 Å². The Bertz CT molecular complexity index is 520. The van der Waals surface area contributed by atoms with Gasteiger partial charge in [-0.2, -0.15) is 0 Å². The Balaban J connectivity index is 1.91. The summed E-state index contributed by atoms with van der Waals surface area (Å²) in [6.45, 7) is 0. The molecule has 0 bridgehead atoms. The highest BCUT2D eigenvalue weighted by Gasteiger charge is 2.19. The first kappa shape index (κ1) is 12.9. The molecule has 0 saturated heterocycles. The molecule has 0 saturated carbocycles. The second-order valence-electron chi connectivity index (χ2n) is 4.77. The molecule has 2 N–H and O–H groups in total. The molecule has 0 spiro atoms. The predicted octanol–water partition coefficient (Wildman–Crippen LogP) is 4.89. The van der Waals surface area contributed by atoms with Crippen LogP contribution in [0.3, 0.4) is 0 Å². The van der Waals surface area contributed by atoms with E-state index in [2.05, 4.69) is 33.4 Å². The van der Waals surface area contributed by atoms with Crippen molar-refractivity contribution in [2.75, 3.05) is 0 Å². The first-order valence-electron chi connectivity index (χ1n) is 6.35. The van der Waals surface area contributed by atoms with Gasteiger partial charge in [-0.15, -0.1) is 22.7 Å². The molecule has 0 radical (unpaired) electrons. The second-order valence-corrected chi connectivity index (χ2v) is 7.74. The van der Waals surface area contributed by atoms with Crippen LogP contribution in [0.4, 0.5) is 0 Å². The zero-order valence-corrected chi connectivity index (χ0v) is 13.3. The molecule has 4 heteroatoms. The highest BCUT2D eigenvalue weighted by atomic mass is 79.9. The Kier molecular flexibility index (Phi) is 3.89. The third-order valence-corrected chi connectivity index (χ3v) is 6.77. The Labute approximate surface area is 124 Å². The molecule has 1 aliphatic rings. The van der Waals surface area contributed by atoms with E-state index in [1.807, 2.05) is 11.3 Å². The molecule has 3 rings (SSSR count). The standard InChI is InChI=1S/C14H16BrNS2/c15-10-6-7-17-14(10)13(16)12-8-9-4-2-1-3-5-11(9)18-12/h6-8,13H,1-5,16H2. The van der Waals surface area contributed by atoms with E-state index in [0.29, 0.717) is 0 Å². The van der Waals surface area contributed by atoms with Gasteiger partial charge in [0.1, 0.15) is 0 Å². The second kappa shape index (κ2) is 5.45. The number of fused-ring (bicyclic) bond motifs is 1. The summed E-state index contributed by atoms with van der Waals surface area (Å²) in [5.41, 5.74) is 7.96. The SMILES string of the molecule is NC(c1cc2c(s1)CCCCC2)c1sccc1Br. The van der Waals surface area contributed by atoms with E-state index < -0.39 is 0 Å². The minimum absolute atomic E-state index is 0.0382. The number of thiophene rings is 2. The average Bonchev–Trinajstić information content (AvgIpc) is 2.90. The van der Waals surface area contributed by atoms with Crippen LogP contribution >= 0.6 is 38.6 Å². The van der Waals surface area contributed by atoms with Crippen LogP contribution in [0.25, 0.3) is 0 Å². The van der Waals surface area contributed by atoms with Crippen LogP contribution < -0.4 is 5.73 Å². The van der Waals surface area contributed by atoms with Crippen LogP contribution in [0.1, 0.15) is 45.5 Å². The maximum Gasteiger partial charge on any atom is 0.0751 e. The van der Waals surface area contributed by atoms with Gasteiger partial charge in [-0.05, 0) is 64.7 Å². The lowest BCUT2D eigenvalue weighted by Crippen LogP contribution is -2.08. The summed E-state index contributed by atoms with van der Waals surface area (Å²) >= 11 is 7.25. The quantitative estimate of drug-likeness (QED) is 0.773. The fourth-order valence-electron chi connectivity index (χ4n) is 2.50. The molecule has 1 nitrogen and oxygen atoms in total. The maximum absolute atomic E-state index is 6.40. The lowest BCUT2D eigenvalue weighted by atomic mass is 10.1. The summed E-state index contributed by atoms with van der Waals surface area (Å²) in [5.74, 6) is 0. The van der Waals surface area contributed by atoms with Crippen LogP contribution in [-0.4, -0.2) is 0 Å². The van der Waals surface area contributed by atoms with E-state index >= 15 is 0 Å². The molecule has 1 unspecified atom stereocenters. The molecule has 96 valence electrons. The summed E-state index contributed by atoms with van der Waals surface area (Å²) in [6, 6.07) is 4.47. The molecular formula is C14H16BrNS2. The first-order valence-corrected chi connectivity index (χ1v) is 8.84. The van der Waals surface area contributed by atoms with Gasteiger partial charge >= 0.3 is 0 Å². The molecule has 2 aromatic rings. The Hall–Kier alpha value is -0.160. The number of nitrogens with two attached hydrogens (primary N) is 1. The minimum Gasteiger partial charge on any atom is -0.319 e. The third-order valence-electron chi connectivity index (χ3n) is 3.50.